The Balaban J connectivity index is 1.91. The topological polar surface area (TPSA) is 81.4 Å². The van der Waals surface area contributed by atoms with E-state index in [1.807, 2.05) is 11.5 Å². The van der Waals surface area contributed by atoms with Crippen molar-refractivity contribution < 1.29 is 13.8 Å². The van der Waals surface area contributed by atoms with E-state index in [0.29, 0.717) is 24.3 Å². The molecule has 8 heteroatoms. The summed E-state index contributed by atoms with van der Waals surface area (Å²) < 4.78 is 18.8. The number of ether oxygens (including phenoxy) is 1. The Morgan fingerprint density at radius 1 is 1.64 bits per heavy atom. The van der Waals surface area contributed by atoms with Crippen LogP contribution in [-0.2, 0) is 20.3 Å². The number of aromatic nitrogens is 2. The molecule has 0 saturated carbocycles. The zero-order valence-electron chi connectivity index (χ0n) is 13.0. The van der Waals surface area contributed by atoms with Gasteiger partial charge in [0.05, 0.1) is 37.9 Å². The van der Waals surface area contributed by atoms with E-state index < -0.39 is 8.38 Å². The smallest absolute Gasteiger partial charge is 0.198 e. The highest BCUT2D eigenvalue weighted by Crippen LogP contribution is 2.41. The molecule has 0 radical (unpaired) electrons. The van der Waals surface area contributed by atoms with Gasteiger partial charge in [0, 0.05) is 0 Å². The lowest BCUT2D eigenvalue weighted by molar-refractivity contribution is 0.0684. The fourth-order valence-corrected chi connectivity index (χ4v) is 3.33. The van der Waals surface area contributed by atoms with E-state index in [1.165, 1.54) is 0 Å². The maximum atomic E-state index is 7.75. The highest BCUT2D eigenvalue weighted by Gasteiger charge is 2.18. The van der Waals surface area contributed by atoms with E-state index in [-0.39, 0.29) is 6.10 Å². The van der Waals surface area contributed by atoms with Crippen molar-refractivity contribution in [3.63, 3.8) is 0 Å². The van der Waals surface area contributed by atoms with Crippen LogP contribution in [0.5, 0.6) is 0 Å². The summed E-state index contributed by atoms with van der Waals surface area (Å²) in [6.07, 6.45) is 4.70. The Hall–Kier alpha value is -1.27. The molecule has 0 aromatic carbocycles. The van der Waals surface area contributed by atoms with E-state index in [0.717, 1.165) is 25.5 Å². The summed E-state index contributed by atoms with van der Waals surface area (Å²) in [5.74, 6) is 0.758. The summed E-state index contributed by atoms with van der Waals surface area (Å²) in [7, 11) is -0.911. The third-order valence-electron chi connectivity index (χ3n) is 3.11. The van der Waals surface area contributed by atoms with Crippen LogP contribution < -0.4 is 5.32 Å². The summed E-state index contributed by atoms with van der Waals surface area (Å²) in [5, 5.41) is 10.8. The molecule has 0 amide bonds. The van der Waals surface area contributed by atoms with Gasteiger partial charge in [0.25, 0.3) is 0 Å². The van der Waals surface area contributed by atoms with Crippen molar-refractivity contribution in [3.05, 3.63) is 24.8 Å². The summed E-state index contributed by atoms with van der Waals surface area (Å²) in [5.41, 5.74) is 1.03. The molecule has 1 aliphatic rings. The van der Waals surface area contributed by atoms with Gasteiger partial charge >= 0.3 is 0 Å². The maximum Gasteiger partial charge on any atom is 0.198 e. The molecule has 2 N–H and O–H groups in total. The first kappa shape index (κ1) is 17.1. The highest BCUT2D eigenvalue weighted by atomic mass is 31.2. The lowest BCUT2D eigenvalue weighted by atomic mass is 10.3. The first-order valence-corrected chi connectivity index (χ1v) is 8.61. The minimum atomic E-state index is -0.911. The molecule has 0 spiro atoms. The third kappa shape index (κ3) is 4.61. The summed E-state index contributed by atoms with van der Waals surface area (Å²) in [6, 6.07) is 0. The molecule has 0 aliphatic carbocycles. The standard InChI is InChI=1S/C14H23N4O3P/c1-4-16-14-13(12(3)15)17-9-18(14)8-11(2)19-10-22-20-6-5-7-21-22/h4,9,11,15-16H,1,5-8,10H2,2-3H3/t11-/m1/s1. The van der Waals surface area contributed by atoms with Crippen molar-refractivity contribution in [1.82, 2.24) is 9.55 Å². The van der Waals surface area contributed by atoms with Gasteiger partial charge in [0.1, 0.15) is 17.9 Å². The number of hydrogen-bond acceptors (Lipinski definition) is 6. The first-order valence-electron chi connectivity index (χ1n) is 7.25. The molecule has 2 heterocycles. The average molecular weight is 326 g/mol. The predicted octanol–water partition coefficient (Wildman–Crippen LogP) is 2.94. The molecule has 2 rings (SSSR count). The number of hydrogen-bond donors (Lipinski definition) is 2. The van der Waals surface area contributed by atoms with Crippen LogP contribution >= 0.6 is 8.38 Å². The number of nitrogens with zero attached hydrogens (tertiary/aromatic N) is 2. The third-order valence-corrected chi connectivity index (χ3v) is 4.41. The maximum absolute atomic E-state index is 7.75. The Morgan fingerprint density at radius 2 is 2.36 bits per heavy atom. The van der Waals surface area contributed by atoms with Crippen LogP contribution in [0.1, 0.15) is 26.0 Å². The fourth-order valence-electron chi connectivity index (χ4n) is 2.06. The minimum absolute atomic E-state index is 0.0184. The number of rotatable bonds is 8. The zero-order valence-corrected chi connectivity index (χ0v) is 13.9. The van der Waals surface area contributed by atoms with E-state index in [9.17, 15) is 0 Å². The summed E-state index contributed by atoms with van der Waals surface area (Å²) in [4.78, 5) is 4.26. The van der Waals surface area contributed by atoms with Gasteiger partial charge in [0.15, 0.2) is 8.38 Å². The van der Waals surface area contributed by atoms with Gasteiger partial charge in [-0.25, -0.2) is 4.98 Å². The van der Waals surface area contributed by atoms with Gasteiger partial charge in [-0.15, -0.1) is 0 Å². The second-order valence-corrected chi connectivity index (χ2v) is 6.47. The molecular formula is C14H23N4O3P. The second-order valence-electron chi connectivity index (χ2n) is 5.03. The Labute approximate surface area is 132 Å². The highest BCUT2D eigenvalue weighted by molar-refractivity contribution is 7.47. The minimum Gasteiger partial charge on any atom is -0.367 e. The molecule has 1 aliphatic heterocycles. The molecule has 1 fully saturated rings. The fraction of sp³-hybridized carbons (Fsp3) is 0.571. The molecule has 7 nitrogen and oxygen atoms in total. The first-order chi connectivity index (χ1) is 10.6. The Morgan fingerprint density at radius 3 is 3.00 bits per heavy atom. The SMILES string of the molecule is C=CNc1c(C(C)=N)ncn1C[C@@H](C)OCP1OCCCO1. The predicted molar refractivity (Wildman–Crippen MR) is 87.4 cm³/mol. The van der Waals surface area contributed by atoms with Crippen molar-refractivity contribution in [2.24, 2.45) is 0 Å². The van der Waals surface area contributed by atoms with Gasteiger partial charge in [-0.05, 0) is 26.5 Å². The monoisotopic (exact) mass is 326 g/mol. The van der Waals surface area contributed by atoms with E-state index >= 15 is 0 Å². The van der Waals surface area contributed by atoms with Gasteiger partial charge in [0.2, 0.25) is 0 Å². The van der Waals surface area contributed by atoms with Crippen LogP contribution in [-0.4, -0.2) is 40.9 Å². The van der Waals surface area contributed by atoms with Crippen LogP contribution in [0, 0.1) is 5.41 Å². The molecule has 1 saturated heterocycles. The van der Waals surface area contributed by atoms with Gasteiger partial charge in [-0.2, -0.15) is 0 Å². The van der Waals surface area contributed by atoms with Crippen molar-refractivity contribution in [2.75, 3.05) is 24.9 Å². The van der Waals surface area contributed by atoms with Gasteiger partial charge < -0.3 is 29.1 Å². The summed E-state index contributed by atoms with van der Waals surface area (Å²) in [6.45, 7) is 9.50. The largest absolute Gasteiger partial charge is 0.367 e. The Bertz CT molecular complexity index is 514. The van der Waals surface area contributed by atoms with Crippen molar-refractivity contribution in [2.45, 2.75) is 32.9 Å². The number of anilines is 1. The van der Waals surface area contributed by atoms with Crippen LogP contribution in [0.2, 0.25) is 0 Å². The lowest BCUT2D eigenvalue weighted by Crippen LogP contribution is -2.19. The summed E-state index contributed by atoms with van der Waals surface area (Å²) >= 11 is 0. The van der Waals surface area contributed by atoms with Crippen molar-refractivity contribution in [3.8, 4) is 0 Å². The molecule has 1 atom stereocenters. The second kappa shape index (κ2) is 8.39. The zero-order chi connectivity index (χ0) is 15.9. The Kier molecular flexibility index (Phi) is 6.51. The van der Waals surface area contributed by atoms with Crippen molar-refractivity contribution in [1.29, 1.82) is 5.41 Å². The van der Waals surface area contributed by atoms with Crippen LogP contribution in [0.3, 0.4) is 0 Å². The van der Waals surface area contributed by atoms with E-state index in [2.05, 4.69) is 16.9 Å². The van der Waals surface area contributed by atoms with Gasteiger partial charge in [-0.3, -0.25) is 0 Å². The number of imidazole rings is 1. The molecule has 122 valence electrons. The molecule has 0 bridgehead atoms. The average Bonchev–Trinajstić information content (AvgIpc) is 2.90. The molecule has 1 aromatic heterocycles. The van der Waals surface area contributed by atoms with Crippen molar-refractivity contribution >= 4 is 19.9 Å². The number of nitrogens with one attached hydrogen (secondary N) is 2. The van der Waals surface area contributed by atoms with E-state index in [1.54, 1.807) is 19.5 Å². The van der Waals surface area contributed by atoms with Crippen LogP contribution in [0.25, 0.3) is 0 Å². The normalized spacial score (nSPS) is 17.2. The molecule has 0 unspecified atom stereocenters. The molecule has 22 heavy (non-hydrogen) atoms. The quantitative estimate of drug-likeness (QED) is 0.567. The molecule has 1 aromatic rings. The van der Waals surface area contributed by atoms with E-state index in [4.69, 9.17) is 19.2 Å². The van der Waals surface area contributed by atoms with Crippen LogP contribution in [0.4, 0.5) is 5.82 Å². The molecular weight excluding hydrogens is 303 g/mol. The van der Waals surface area contributed by atoms with Gasteiger partial charge in [-0.1, -0.05) is 6.58 Å². The van der Waals surface area contributed by atoms with Crippen LogP contribution in [0.15, 0.2) is 19.1 Å². The lowest BCUT2D eigenvalue weighted by Gasteiger charge is -2.23.